The number of hydrogen-bond acceptors (Lipinski definition) is 3. The van der Waals surface area contributed by atoms with Gasteiger partial charge in [-0.25, -0.2) is 0 Å². The molecular formula is C4H9NO3. The Morgan fingerprint density at radius 1 is 2.00 bits per heavy atom. The normalized spacial score (nSPS) is 22.9. The Labute approximate surface area is 47.2 Å². The molecule has 0 radical (unpaired) electrons. The van der Waals surface area contributed by atoms with Crippen LogP contribution in [0.15, 0.2) is 0 Å². The molecule has 1 fully saturated rings. The monoisotopic (exact) mass is 119 g/mol. The third-order valence-corrected chi connectivity index (χ3v) is 0.665. The molecule has 0 aromatic heterocycles. The van der Waals surface area contributed by atoms with Gasteiger partial charge in [-0.1, -0.05) is 0 Å². The lowest BCUT2D eigenvalue weighted by Gasteiger charge is -1.71. The molecule has 4 heteroatoms. The highest BCUT2D eigenvalue weighted by molar-refractivity contribution is 5.32. The van der Waals surface area contributed by atoms with Crippen LogP contribution in [0.5, 0.6) is 0 Å². The van der Waals surface area contributed by atoms with Crippen LogP contribution in [0.3, 0.4) is 0 Å². The van der Waals surface area contributed by atoms with E-state index in [4.69, 9.17) is 20.4 Å². The minimum Gasteiger partial charge on any atom is -0.483 e. The number of nitrogens with two attached hydrogens (primary N) is 1. The summed E-state index contributed by atoms with van der Waals surface area (Å²) in [5.74, 6) is 0. The molecule has 0 aliphatic carbocycles. The van der Waals surface area contributed by atoms with Crippen LogP contribution in [0.25, 0.3) is 0 Å². The third kappa shape index (κ3) is 5.39. The number of epoxide rings is 1. The molecule has 1 heterocycles. The summed E-state index contributed by atoms with van der Waals surface area (Å²) in [5, 5.41) is 6.89. The first-order valence-electron chi connectivity index (χ1n) is 2.24. The molecule has 0 amide bonds. The van der Waals surface area contributed by atoms with E-state index >= 15 is 0 Å². The van der Waals surface area contributed by atoms with E-state index in [0.29, 0.717) is 12.6 Å². The quantitative estimate of drug-likeness (QED) is 0.344. The van der Waals surface area contributed by atoms with Gasteiger partial charge < -0.3 is 15.6 Å². The van der Waals surface area contributed by atoms with Gasteiger partial charge in [0.05, 0.1) is 12.7 Å². The largest absolute Gasteiger partial charge is 0.483 e. The molecule has 1 aliphatic heterocycles. The van der Waals surface area contributed by atoms with Gasteiger partial charge in [0, 0.05) is 6.54 Å². The maximum atomic E-state index is 8.36. The summed E-state index contributed by atoms with van der Waals surface area (Å²) in [6.07, 6.45) is 0.412. The van der Waals surface area contributed by atoms with E-state index in [1.807, 2.05) is 0 Å². The maximum Gasteiger partial charge on any atom is 0.290 e. The van der Waals surface area contributed by atoms with E-state index in [0.717, 1.165) is 6.61 Å². The van der Waals surface area contributed by atoms with Crippen molar-refractivity contribution in [3.63, 3.8) is 0 Å². The predicted octanol–water partition coefficient (Wildman–Crippen LogP) is -0.955. The fourth-order valence-corrected chi connectivity index (χ4v) is 0.204. The highest BCUT2D eigenvalue weighted by atomic mass is 16.6. The van der Waals surface area contributed by atoms with Crippen LogP contribution in [0.2, 0.25) is 0 Å². The summed E-state index contributed by atoms with van der Waals surface area (Å²) < 4.78 is 4.73. The lowest BCUT2D eigenvalue weighted by molar-refractivity contribution is -0.122. The van der Waals surface area contributed by atoms with Crippen molar-refractivity contribution in [3.8, 4) is 0 Å². The average Bonchev–Trinajstić information content (AvgIpc) is 2.48. The van der Waals surface area contributed by atoms with E-state index in [1.54, 1.807) is 0 Å². The molecule has 8 heavy (non-hydrogen) atoms. The standard InChI is InChI=1S/C3H7NO.CH2O2/c4-1-3-2-5-3;2-1-3/h3H,1-2,4H2;1H,(H,2,3). The second-order valence-electron chi connectivity index (χ2n) is 1.30. The van der Waals surface area contributed by atoms with Crippen LogP contribution in [-0.4, -0.2) is 30.8 Å². The molecule has 0 bridgehead atoms. The summed E-state index contributed by atoms with van der Waals surface area (Å²) in [7, 11) is 0. The molecule has 0 spiro atoms. The van der Waals surface area contributed by atoms with Crippen molar-refractivity contribution in [2.45, 2.75) is 6.10 Å². The molecule has 0 aromatic carbocycles. The highest BCUT2D eigenvalue weighted by Gasteiger charge is 2.18. The molecule has 0 saturated carbocycles. The van der Waals surface area contributed by atoms with Gasteiger partial charge in [-0.2, -0.15) is 0 Å². The van der Waals surface area contributed by atoms with E-state index in [-0.39, 0.29) is 6.47 Å². The Bertz CT molecular complexity index is 62.3. The SMILES string of the molecule is NCC1CO1.O=CO. The molecule has 48 valence electrons. The Kier molecular flexibility index (Phi) is 4.20. The van der Waals surface area contributed by atoms with Crippen molar-refractivity contribution < 1.29 is 14.6 Å². The predicted molar refractivity (Wildman–Crippen MR) is 27.5 cm³/mol. The number of rotatable bonds is 1. The van der Waals surface area contributed by atoms with E-state index in [2.05, 4.69) is 0 Å². The highest BCUT2D eigenvalue weighted by Crippen LogP contribution is 2.03. The molecule has 1 saturated heterocycles. The molecule has 4 nitrogen and oxygen atoms in total. The van der Waals surface area contributed by atoms with Crippen molar-refractivity contribution in [1.29, 1.82) is 0 Å². The molecule has 3 N–H and O–H groups in total. The first-order valence-corrected chi connectivity index (χ1v) is 2.24. The molecular weight excluding hydrogens is 110 g/mol. The van der Waals surface area contributed by atoms with E-state index in [9.17, 15) is 0 Å². The van der Waals surface area contributed by atoms with Gasteiger partial charge in [-0.15, -0.1) is 0 Å². The number of carboxylic acid groups (broad SMARTS) is 1. The Morgan fingerprint density at radius 3 is 2.38 bits per heavy atom. The van der Waals surface area contributed by atoms with Crippen LogP contribution in [-0.2, 0) is 9.53 Å². The Morgan fingerprint density at radius 2 is 2.38 bits per heavy atom. The maximum absolute atomic E-state index is 8.36. The summed E-state index contributed by atoms with van der Waals surface area (Å²) in [5.41, 5.74) is 5.11. The van der Waals surface area contributed by atoms with Crippen molar-refractivity contribution in [3.05, 3.63) is 0 Å². The van der Waals surface area contributed by atoms with Gasteiger partial charge in [0.1, 0.15) is 0 Å². The second-order valence-corrected chi connectivity index (χ2v) is 1.30. The lowest BCUT2D eigenvalue weighted by Crippen LogP contribution is -2.05. The molecule has 1 aliphatic rings. The van der Waals surface area contributed by atoms with Gasteiger partial charge >= 0.3 is 0 Å². The number of hydrogen-bond donors (Lipinski definition) is 2. The van der Waals surface area contributed by atoms with Crippen molar-refractivity contribution in [2.24, 2.45) is 5.73 Å². The van der Waals surface area contributed by atoms with Crippen molar-refractivity contribution in [1.82, 2.24) is 0 Å². The molecule has 0 aromatic rings. The second kappa shape index (κ2) is 4.55. The Balaban J connectivity index is 0.000000145. The van der Waals surface area contributed by atoms with Gasteiger partial charge in [0.25, 0.3) is 6.47 Å². The molecule has 1 unspecified atom stereocenters. The van der Waals surface area contributed by atoms with Crippen LogP contribution >= 0.6 is 0 Å². The average molecular weight is 119 g/mol. The number of carbonyl (C=O) groups is 1. The van der Waals surface area contributed by atoms with Gasteiger partial charge in [-0.3, -0.25) is 4.79 Å². The van der Waals surface area contributed by atoms with Gasteiger partial charge in [0.15, 0.2) is 0 Å². The van der Waals surface area contributed by atoms with Crippen molar-refractivity contribution >= 4 is 6.47 Å². The first kappa shape index (κ1) is 7.39. The van der Waals surface area contributed by atoms with Crippen LogP contribution < -0.4 is 5.73 Å². The fraction of sp³-hybridized carbons (Fsp3) is 0.750. The Hall–Kier alpha value is -0.610. The first-order chi connectivity index (χ1) is 3.85. The molecule has 1 atom stereocenters. The van der Waals surface area contributed by atoms with E-state index in [1.165, 1.54) is 0 Å². The summed E-state index contributed by atoms with van der Waals surface area (Å²) in [4.78, 5) is 8.36. The van der Waals surface area contributed by atoms with Gasteiger partial charge in [-0.05, 0) is 0 Å². The van der Waals surface area contributed by atoms with Crippen LogP contribution in [0, 0.1) is 0 Å². The lowest BCUT2D eigenvalue weighted by atomic mass is 10.5. The zero-order chi connectivity index (χ0) is 6.41. The summed E-state index contributed by atoms with van der Waals surface area (Å²) in [6.45, 7) is 1.33. The summed E-state index contributed by atoms with van der Waals surface area (Å²) in [6, 6.07) is 0. The summed E-state index contributed by atoms with van der Waals surface area (Å²) >= 11 is 0. The zero-order valence-corrected chi connectivity index (χ0v) is 4.41. The smallest absolute Gasteiger partial charge is 0.290 e. The minimum absolute atomic E-state index is 0.250. The minimum atomic E-state index is -0.250. The van der Waals surface area contributed by atoms with Crippen molar-refractivity contribution in [2.75, 3.05) is 13.2 Å². The number of ether oxygens (including phenoxy) is 1. The van der Waals surface area contributed by atoms with E-state index < -0.39 is 0 Å². The van der Waals surface area contributed by atoms with Crippen LogP contribution in [0.1, 0.15) is 0 Å². The van der Waals surface area contributed by atoms with Gasteiger partial charge in [0.2, 0.25) is 0 Å². The fourth-order valence-electron chi connectivity index (χ4n) is 0.204. The zero-order valence-electron chi connectivity index (χ0n) is 4.41. The topological polar surface area (TPSA) is 75.8 Å². The molecule has 1 rings (SSSR count). The van der Waals surface area contributed by atoms with Crippen LogP contribution in [0.4, 0.5) is 0 Å². The third-order valence-electron chi connectivity index (χ3n) is 0.665.